The lowest BCUT2D eigenvalue weighted by Crippen LogP contribution is -2.53. The summed E-state index contributed by atoms with van der Waals surface area (Å²) >= 11 is 0. The molecule has 1 heterocycles. The lowest BCUT2D eigenvalue weighted by atomic mass is 10.1. The van der Waals surface area contributed by atoms with Crippen LogP contribution in [0.3, 0.4) is 0 Å². The molecule has 1 aliphatic heterocycles. The van der Waals surface area contributed by atoms with Gasteiger partial charge in [-0.05, 0) is 37.7 Å². The molecule has 2 rings (SSSR count). The lowest BCUT2D eigenvalue weighted by Gasteiger charge is -2.34. The molecule has 1 N–H and O–H groups in total. The van der Waals surface area contributed by atoms with Crippen molar-refractivity contribution in [3.63, 3.8) is 0 Å². The van der Waals surface area contributed by atoms with E-state index in [4.69, 9.17) is 0 Å². The molecular weight excluding hydrogens is 229 g/mol. The van der Waals surface area contributed by atoms with E-state index in [0.717, 1.165) is 31.9 Å². The van der Waals surface area contributed by atoms with Crippen molar-refractivity contribution >= 4 is 5.69 Å². The monoisotopic (exact) mass is 251 g/mol. The number of nitrogens with one attached hydrogen (secondary N) is 1. The topological polar surface area (TPSA) is 18.5 Å². The normalized spacial score (nSPS) is 21.0. The SMILES string of the molecule is Cc1cc(N(C)CC2CN(C)CCN2)ccc1F. The third-order valence-corrected chi connectivity index (χ3v) is 3.54. The first-order valence-corrected chi connectivity index (χ1v) is 6.45. The number of hydrogen-bond acceptors (Lipinski definition) is 3. The van der Waals surface area contributed by atoms with Gasteiger partial charge in [0.2, 0.25) is 0 Å². The third kappa shape index (κ3) is 3.21. The Kier molecular flexibility index (Phi) is 4.19. The highest BCUT2D eigenvalue weighted by atomic mass is 19.1. The second-order valence-electron chi connectivity index (χ2n) is 5.23. The van der Waals surface area contributed by atoms with Crippen LogP contribution in [0.15, 0.2) is 18.2 Å². The Labute approximate surface area is 109 Å². The van der Waals surface area contributed by atoms with E-state index in [1.165, 1.54) is 0 Å². The summed E-state index contributed by atoms with van der Waals surface area (Å²) in [5, 5.41) is 3.52. The standard InChI is InChI=1S/C14H22FN3/c1-11-8-13(4-5-14(11)15)18(3)10-12-9-17(2)7-6-16-12/h4-5,8,12,16H,6-7,9-10H2,1-3H3. The highest BCUT2D eigenvalue weighted by molar-refractivity contribution is 5.48. The zero-order valence-electron chi connectivity index (χ0n) is 11.4. The van der Waals surface area contributed by atoms with Crippen LogP contribution in [0, 0.1) is 12.7 Å². The number of rotatable bonds is 3. The molecule has 3 nitrogen and oxygen atoms in total. The van der Waals surface area contributed by atoms with Crippen molar-refractivity contribution in [2.75, 3.05) is 45.2 Å². The molecule has 0 radical (unpaired) electrons. The second kappa shape index (κ2) is 5.67. The van der Waals surface area contributed by atoms with Gasteiger partial charge in [0.15, 0.2) is 0 Å². The van der Waals surface area contributed by atoms with E-state index in [2.05, 4.69) is 29.2 Å². The van der Waals surface area contributed by atoms with Crippen LogP contribution in [-0.4, -0.2) is 51.2 Å². The average molecular weight is 251 g/mol. The van der Waals surface area contributed by atoms with Crippen molar-refractivity contribution in [3.8, 4) is 0 Å². The molecule has 1 aromatic carbocycles. The fourth-order valence-electron chi connectivity index (χ4n) is 2.42. The summed E-state index contributed by atoms with van der Waals surface area (Å²) in [6.45, 7) is 5.95. The van der Waals surface area contributed by atoms with Crippen LogP contribution >= 0.6 is 0 Å². The van der Waals surface area contributed by atoms with Crippen molar-refractivity contribution in [2.45, 2.75) is 13.0 Å². The second-order valence-corrected chi connectivity index (χ2v) is 5.23. The maximum absolute atomic E-state index is 13.2. The minimum Gasteiger partial charge on any atom is -0.373 e. The molecule has 1 aliphatic rings. The number of hydrogen-bond donors (Lipinski definition) is 1. The minimum atomic E-state index is -0.136. The Hall–Kier alpha value is -1.13. The summed E-state index contributed by atoms with van der Waals surface area (Å²) in [5.41, 5.74) is 1.77. The smallest absolute Gasteiger partial charge is 0.126 e. The largest absolute Gasteiger partial charge is 0.373 e. The molecule has 0 amide bonds. The quantitative estimate of drug-likeness (QED) is 0.878. The van der Waals surface area contributed by atoms with Crippen molar-refractivity contribution in [1.29, 1.82) is 0 Å². The van der Waals surface area contributed by atoms with Crippen LogP contribution in [0.2, 0.25) is 0 Å². The van der Waals surface area contributed by atoms with E-state index >= 15 is 0 Å². The Morgan fingerprint density at radius 3 is 2.94 bits per heavy atom. The Morgan fingerprint density at radius 2 is 2.28 bits per heavy atom. The van der Waals surface area contributed by atoms with Gasteiger partial charge in [-0.15, -0.1) is 0 Å². The molecular formula is C14H22FN3. The summed E-state index contributed by atoms with van der Waals surface area (Å²) in [6.07, 6.45) is 0. The number of benzene rings is 1. The number of halogens is 1. The number of likely N-dealkylation sites (N-methyl/N-ethyl adjacent to an activating group) is 2. The number of piperazine rings is 1. The zero-order valence-corrected chi connectivity index (χ0v) is 11.4. The molecule has 100 valence electrons. The maximum atomic E-state index is 13.2. The van der Waals surface area contributed by atoms with Gasteiger partial charge in [-0.3, -0.25) is 0 Å². The molecule has 1 fully saturated rings. The molecule has 0 aliphatic carbocycles. The van der Waals surface area contributed by atoms with E-state index in [0.29, 0.717) is 11.6 Å². The van der Waals surface area contributed by atoms with Crippen LogP contribution < -0.4 is 10.2 Å². The van der Waals surface area contributed by atoms with Crippen LogP contribution in [0.1, 0.15) is 5.56 Å². The third-order valence-electron chi connectivity index (χ3n) is 3.54. The Bertz CT molecular complexity index is 408. The average Bonchev–Trinajstić information content (AvgIpc) is 2.32. The molecule has 0 saturated carbocycles. The molecule has 0 aromatic heterocycles. The van der Waals surface area contributed by atoms with E-state index in [9.17, 15) is 4.39 Å². The molecule has 0 bridgehead atoms. The lowest BCUT2D eigenvalue weighted by molar-refractivity contribution is 0.241. The molecule has 1 aromatic rings. The van der Waals surface area contributed by atoms with Gasteiger partial charge in [0.05, 0.1) is 0 Å². The summed E-state index contributed by atoms with van der Waals surface area (Å²) in [5.74, 6) is -0.136. The van der Waals surface area contributed by atoms with E-state index < -0.39 is 0 Å². The maximum Gasteiger partial charge on any atom is 0.126 e. The first kappa shape index (κ1) is 13.3. The molecule has 4 heteroatoms. The van der Waals surface area contributed by atoms with Gasteiger partial charge in [-0.1, -0.05) is 0 Å². The zero-order chi connectivity index (χ0) is 13.1. The summed E-state index contributed by atoms with van der Waals surface area (Å²) in [6, 6.07) is 5.76. The van der Waals surface area contributed by atoms with Crippen molar-refractivity contribution in [3.05, 3.63) is 29.6 Å². The van der Waals surface area contributed by atoms with Crippen molar-refractivity contribution < 1.29 is 4.39 Å². The fourth-order valence-corrected chi connectivity index (χ4v) is 2.42. The van der Waals surface area contributed by atoms with Gasteiger partial charge >= 0.3 is 0 Å². The highest BCUT2D eigenvalue weighted by Gasteiger charge is 2.18. The van der Waals surface area contributed by atoms with E-state index in [-0.39, 0.29) is 5.82 Å². The minimum absolute atomic E-state index is 0.136. The van der Waals surface area contributed by atoms with Gasteiger partial charge in [0.1, 0.15) is 5.82 Å². The van der Waals surface area contributed by atoms with Crippen molar-refractivity contribution in [2.24, 2.45) is 0 Å². The van der Waals surface area contributed by atoms with Crippen LogP contribution in [-0.2, 0) is 0 Å². The van der Waals surface area contributed by atoms with Gasteiger partial charge in [-0.25, -0.2) is 4.39 Å². The summed E-state index contributed by atoms with van der Waals surface area (Å²) < 4.78 is 13.2. The summed E-state index contributed by atoms with van der Waals surface area (Å²) in [4.78, 5) is 4.52. The number of nitrogens with zero attached hydrogens (tertiary/aromatic N) is 2. The van der Waals surface area contributed by atoms with E-state index in [1.807, 2.05) is 12.1 Å². The van der Waals surface area contributed by atoms with Crippen LogP contribution in [0.25, 0.3) is 0 Å². The molecule has 18 heavy (non-hydrogen) atoms. The Balaban J connectivity index is 1.98. The van der Waals surface area contributed by atoms with Gasteiger partial charge < -0.3 is 15.1 Å². The molecule has 0 spiro atoms. The molecule has 1 atom stereocenters. The Morgan fingerprint density at radius 1 is 1.50 bits per heavy atom. The van der Waals surface area contributed by atoms with E-state index in [1.54, 1.807) is 13.0 Å². The van der Waals surface area contributed by atoms with Gasteiger partial charge in [0, 0.05) is 45.0 Å². The highest BCUT2D eigenvalue weighted by Crippen LogP contribution is 2.17. The first-order chi connectivity index (χ1) is 8.56. The first-order valence-electron chi connectivity index (χ1n) is 6.45. The molecule has 1 saturated heterocycles. The van der Waals surface area contributed by atoms with Gasteiger partial charge in [-0.2, -0.15) is 0 Å². The summed E-state index contributed by atoms with van der Waals surface area (Å²) in [7, 11) is 4.21. The predicted molar refractivity (Wildman–Crippen MR) is 73.7 cm³/mol. The van der Waals surface area contributed by atoms with Crippen LogP contribution in [0.4, 0.5) is 10.1 Å². The number of anilines is 1. The van der Waals surface area contributed by atoms with Gasteiger partial charge in [0.25, 0.3) is 0 Å². The fraction of sp³-hybridized carbons (Fsp3) is 0.571. The predicted octanol–water partition coefficient (Wildman–Crippen LogP) is 1.47. The van der Waals surface area contributed by atoms with Crippen LogP contribution in [0.5, 0.6) is 0 Å². The number of aryl methyl sites for hydroxylation is 1. The van der Waals surface area contributed by atoms with Crippen molar-refractivity contribution in [1.82, 2.24) is 10.2 Å². The molecule has 1 unspecified atom stereocenters.